The van der Waals surface area contributed by atoms with Gasteiger partial charge in [-0.15, -0.1) is 0 Å². The number of hydrogen-bond acceptors (Lipinski definition) is 3. The molecule has 2 unspecified atom stereocenters. The van der Waals surface area contributed by atoms with E-state index in [4.69, 9.17) is 0 Å². The van der Waals surface area contributed by atoms with E-state index in [1.807, 2.05) is 0 Å². The molecule has 1 saturated heterocycles. The fourth-order valence-corrected chi connectivity index (χ4v) is 2.33. The van der Waals surface area contributed by atoms with Crippen LogP contribution in [0.2, 0.25) is 0 Å². The van der Waals surface area contributed by atoms with Crippen molar-refractivity contribution in [2.75, 3.05) is 26.2 Å². The highest BCUT2D eigenvalue weighted by molar-refractivity contribution is 4.95. The molecule has 1 N–H and O–H groups in total. The SMILES string of the molecule is CCCC(C)C(C#N)N1CCCNCC1. The van der Waals surface area contributed by atoms with Crippen molar-refractivity contribution in [3.63, 3.8) is 0 Å². The minimum Gasteiger partial charge on any atom is -0.315 e. The summed E-state index contributed by atoms with van der Waals surface area (Å²) in [5.41, 5.74) is 0. The average Bonchev–Trinajstić information content (AvgIpc) is 2.48. The van der Waals surface area contributed by atoms with Gasteiger partial charge in [0.2, 0.25) is 0 Å². The molecule has 0 aliphatic carbocycles. The summed E-state index contributed by atoms with van der Waals surface area (Å²) in [7, 11) is 0. The first-order chi connectivity index (χ1) is 7.29. The van der Waals surface area contributed by atoms with Gasteiger partial charge in [-0.2, -0.15) is 5.26 Å². The second-order valence-electron chi connectivity index (χ2n) is 4.48. The van der Waals surface area contributed by atoms with Gasteiger partial charge in [-0.25, -0.2) is 0 Å². The Morgan fingerprint density at radius 3 is 2.87 bits per heavy atom. The number of nitriles is 1. The van der Waals surface area contributed by atoms with Crippen molar-refractivity contribution in [2.24, 2.45) is 5.92 Å². The Balaban J connectivity index is 2.52. The van der Waals surface area contributed by atoms with Crippen molar-refractivity contribution >= 4 is 0 Å². The van der Waals surface area contributed by atoms with Gasteiger partial charge in [-0.05, 0) is 25.3 Å². The van der Waals surface area contributed by atoms with Crippen molar-refractivity contribution < 1.29 is 0 Å². The monoisotopic (exact) mass is 209 g/mol. The fourth-order valence-electron chi connectivity index (χ4n) is 2.33. The molecule has 0 saturated carbocycles. The Bertz CT molecular complexity index is 201. The van der Waals surface area contributed by atoms with E-state index in [0.29, 0.717) is 5.92 Å². The molecule has 86 valence electrons. The van der Waals surface area contributed by atoms with Crippen molar-refractivity contribution in [1.82, 2.24) is 10.2 Å². The molecule has 0 radical (unpaired) electrons. The van der Waals surface area contributed by atoms with E-state index >= 15 is 0 Å². The molecule has 0 amide bonds. The Morgan fingerprint density at radius 1 is 1.40 bits per heavy atom. The van der Waals surface area contributed by atoms with Gasteiger partial charge in [0.05, 0.1) is 6.07 Å². The van der Waals surface area contributed by atoms with Crippen LogP contribution in [-0.2, 0) is 0 Å². The molecule has 0 aromatic heterocycles. The lowest BCUT2D eigenvalue weighted by Crippen LogP contribution is -2.40. The maximum atomic E-state index is 9.26. The third-order valence-electron chi connectivity index (χ3n) is 3.18. The zero-order valence-electron chi connectivity index (χ0n) is 10.00. The molecule has 0 aromatic carbocycles. The van der Waals surface area contributed by atoms with E-state index in [9.17, 15) is 5.26 Å². The molecular weight excluding hydrogens is 186 g/mol. The van der Waals surface area contributed by atoms with Gasteiger partial charge in [0, 0.05) is 19.6 Å². The van der Waals surface area contributed by atoms with Gasteiger partial charge in [0.15, 0.2) is 0 Å². The van der Waals surface area contributed by atoms with Crippen LogP contribution in [0.15, 0.2) is 0 Å². The van der Waals surface area contributed by atoms with Crippen LogP contribution in [0.25, 0.3) is 0 Å². The quantitative estimate of drug-likeness (QED) is 0.764. The maximum Gasteiger partial charge on any atom is 0.100 e. The minimum absolute atomic E-state index is 0.116. The molecule has 1 rings (SSSR count). The molecule has 1 fully saturated rings. The van der Waals surface area contributed by atoms with Gasteiger partial charge in [-0.3, -0.25) is 4.90 Å². The zero-order chi connectivity index (χ0) is 11.1. The third-order valence-corrected chi connectivity index (χ3v) is 3.18. The summed E-state index contributed by atoms with van der Waals surface area (Å²) in [5.74, 6) is 0.498. The number of rotatable bonds is 4. The largest absolute Gasteiger partial charge is 0.315 e. The minimum atomic E-state index is 0.116. The van der Waals surface area contributed by atoms with E-state index in [1.165, 1.54) is 6.42 Å². The van der Waals surface area contributed by atoms with E-state index in [1.54, 1.807) is 0 Å². The van der Waals surface area contributed by atoms with Crippen LogP contribution in [0.5, 0.6) is 0 Å². The second kappa shape index (κ2) is 6.81. The Morgan fingerprint density at radius 2 is 2.20 bits per heavy atom. The van der Waals surface area contributed by atoms with Crippen LogP contribution < -0.4 is 5.32 Å². The molecule has 0 aromatic rings. The van der Waals surface area contributed by atoms with Gasteiger partial charge >= 0.3 is 0 Å². The molecule has 2 atom stereocenters. The highest BCUT2D eigenvalue weighted by atomic mass is 15.2. The predicted octanol–water partition coefficient (Wildman–Crippen LogP) is 1.61. The van der Waals surface area contributed by atoms with Gasteiger partial charge < -0.3 is 5.32 Å². The van der Waals surface area contributed by atoms with Crippen LogP contribution in [0, 0.1) is 17.2 Å². The van der Waals surface area contributed by atoms with Crippen molar-refractivity contribution in [2.45, 2.75) is 39.2 Å². The zero-order valence-corrected chi connectivity index (χ0v) is 10.00. The fraction of sp³-hybridized carbons (Fsp3) is 0.917. The normalized spacial score (nSPS) is 22.7. The average molecular weight is 209 g/mol. The van der Waals surface area contributed by atoms with Gasteiger partial charge in [-0.1, -0.05) is 20.3 Å². The first kappa shape index (κ1) is 12.5. The lowest BCUT2D eigenvalue weighted by Gasteiger charge is -2.29. The first-order valence-corrected chi connectivity index (χ1v) is 6.14. The number of nitrogens with one attached hydrogen (secondary N) is 1. The van der Waals surface area contributed by atoms with E-state index in [2.05, 4.69) is 30.1 Å². The molecule has 15 heavy (non-hydrogen) atoms. The molecule has 0 bridgehead atoms. The van der Waals surface area contributed by atoms with Crippen LogP contribution in [0.1, 0.15) is 33.1 Å². The van der Waals surface area contributed by atoms with Gasteiger partial charge in [0.25, 0.3) is 0 Å². The van der Waals surface area contributed by atoms with Crippen LogP contribution in [-0.4, -0.2) is 37.1 Å². The molecule has 1 aliphatic rings. The van der Waals surface area contributed by atoms with Gasteiger partial charge in [0.1, 0.15) is 6.04 Å². The van der Waals surface area contributed by atoms with Crippen LogP contribution in [0.3, 0.4) is 0 Å². The molecular formula is C12H23N3. The smallest absolute Gasteiger partial charge is 0.100 e. The topological polar surface area (TPSA) is 39.1 Å². The summed E-state index contributed by atoms with van der Waals surface area (Å²) in [6.07, 6.45) is 3.49. The molecule has 0 spiro atoms. The predicted molar refractivity (Wildman–Crippen MR) is 62.5 cm³/mol. The highest BCUT2D eigenvalue weighted by Gasteiger charge is 2.23. The standard InChI is InChI=1S/C12H23N3/c1-3-5-11(2)12(10-13)15-8-4-6-14-7-9-15/h11-12,14H,3-9H2,1-2H3. The number of hydrogen-bond donors (Lipinski definition) is 1. The third kappa shape index (κ3) is 3.81. The van der Waals surface area contributed by atoms with Crippen molar-refractivity contribution in [1.29, 1.82) is 5.26 Å². The summed E-state index contributed by atoms with van der Waals surface area (Å²) in [4.78, 5) is 2.35. The number of nitrogens with zero attached hydrogens (tertiary/aromatic N) is 2. The first-order valence-electron chi connectivity index (χ1n) is 6.14. The molecule has 3 nitrogen and oxygen atoms in total. The molecule has 1 aliphatic heterocycles. The van der Waals surface area contributed by atoms with E-state index in [-0.39, 0.29) is 6.04 Å². The lowest BCUT2D eigenvalue weighted by molar-refractivity contribution is 0.193. The Kier molecular flexibility index (Phi) is 5.67. The summed E-state index contributed by atoms with van der Waals surface area (Å²) in [6.45, 7) is 8.60. The van der Waals surface area contributed by atoms with E-state index < -0.39 is 0 Å². The summed E-state index contributed by atoms with van der Waals surface area (Å²) < 4.78 is 0. The Labute approximate surface area is 93.5 Å². The van der Waals surface area contributed by atoms with Crippen LogP contribution >= 0.6 is 0 Å². The summed E-state index contributed by atoms with van der Waals surface area (Å²) >= 11 is 0. The Hall–Kier alpha value is -0.590. The highest BCUT2D eigenvalue weighted by Crippen LogP contribution is 2.16. The van der Waals surface area contributed by atoms with Crippen molar-refractivity contribution in [3.05, 3.63) is 0 Å². The van der Waals surface area contributed by atoms with E-state index in [0.717, 1.165) is 39.0 Å². The lowest BCUT2D eigenvalue weighted by atomic mass is 9.96. The van der Waals surface area contributed by atoms with Crippen LogP contribution in [0.4, 0.5) is 0 Å². The summed E-state index contributed by atoms with van der Waals surface area (Å²) in [6, 6.07) is 2.60. The summed E-state index contributed by atoms with van der Waals surface area (Å²) in [5, 5.41) is 12.6. The van der Waals surface area contributed by atoms with Crippen molar-refractivity contribution in [3.8, 4) is 6.07 Å². The second-order valence-corrected chi connectivity index (χ2v) is 4.48. The molecule has 3 heteroatoms. The molecule has 1 heterocycles. The maximum absolute atomic E-state index is 9.26.